The molecule has 111 valence electrons. The number of hydrogen-bond acceptors (Lipinski definition) is 1. The van der Waals surface area contributed by atoms with Crippen molar-refractivity contribution in [2.45, 2.75) is 11.8 Å². The molecular weight excluding hydrogens is 286 g/mol. The summed E-state index contributed by atoms with van der Waals surface area (Å²) < 4.78 is 0. The van der Waals surface area contributed by atoms with Crippen LogP contribution in [0.1, 0.15) is 16.7 Å². The number of aryl methyl sites for hydroxylation is 1. The molecular formula is C20H20NS. The summed E-state index contributed by atoms with van der Waals surface area (Å²) >= 11 is 1.90. The molecule has 0 aliphatic carbocycles. The van der Waals surface area contributed by atoms with Crippen LogP contribution in [0.15, 0.2) is 65.6 Å². The van der Waals surface area contributed by atoms with Gasteiger partial charge in [-0.05, 0) is 35.3 Å². The molecule has 0 aromatic heterocycles. The van der Waals surface area contributed by atoms with Crippen LogP contribution in [0.3, 0.4) is 0 Å². The van der Waals surface area contributed by atoms with Gasteiger partial charge in [-0.25, -0.2) is 5.32 Å². The number of nitrogens with zero attached hydrogens (tertiary/aromatic N) is 1. The van der Waals surface area contributed by atoms with Gasteiger partial charge in [-0.3, -0.25) is 0 Å². The molecule has 1 heterocycles. The molecule has 0 fully saturated rings. The van der Waals surface area contributed by atoms with Crippen molar-refractivity contribution in [2.24, 2.45) is 0 Å². The Morgan fingerprint density at radius 1 is 1.09 bits per heavy atom. The van der Waals surface area contributed by atoms with Crippen molar-refractivity contribution in [1.29, 1.82) is 0 Å². The van der Waals surface area contributed by atoms with Crippen LogP contribution in [0.2, 0.25) is 0 Å². The molecule has 2 aromatic carbocycles. The number of fused-ring (bicyclic) bond motifs is 1. The zero-order valence-electron chi connectivity index (χ0n) is 12.8. The Kier molecular flexibility index (Phi) is 5.15. The van der Waals surface area contributed by atoms with Crippen LogP contribution in [0.25, 0.3) is 11.6 Å². The van der Waals surface area contributed by atoms with E-state index < -0.39 is 0 Å². The average molecular weight is 306 g/mol. The van der Waals surface area contributed by atoms with Gasteiger partial charge in [0.15, 0.2) is 0 Å². The van der Waals surface area contributed by atoms with Crippen molar-refractivity contribution in [3.8, 4) is 0 Å². The van der Waals surface area contributed by atoms with Crippen LogP contribution in [0.5, 0.6) is 0 Å². The van der Waals surface area contributed by atoms with Gasteiger partial charge in [0.25, 0.3) is 0 Å². The largest absolute Gasteiger partial charge is 0.233 e. The summed E-state index contributed by atoms with van der Waals surface area (Å²) in [5.41, 5.74) is 5.29. The highest BCUT2D eigenvalue weighted by atomic mass is 32.2. The Balaban J connectivity index is 1.54. The lowest BCUT2D eigenvalue weighted by Gasteiger charge is -2.16. The minimum atomic E-state index is 0.765. The van der Waals surface area contributed by atoms with Crippen LogP contribution < -0.4 is 5.32 Å². The predicted molar refractivity (Wildman–Crippen MR) is 97.2 cm³/mol. The molecule has 0 spiro atoms. The number of thioether (sulfide) groups is 1. The second-order valence-corrected chi connectivity index (χ2v) is 6.42. The minimum Gasteiger partial charge on any atom is -0.233 e. The highest BCUT2D eigenvalue weighted by Gasteiger charge is 2.11. The summed E-state index contributed by atoms with van der Waals surface area (Å²) in [5, 5.41) is 4.67. The Morgan fingerprint density at radius 3 is 2.82 bits per heavy atom. The van der Waals surface area contributed by atoms with Crippen LogP contribution in [0.4, 0.5) is 0 Å². The van der Waals surface area contributed by atoms with E-state index in [1.165, 1.54) is 27.2 Å². The molecule has 0 N–H and O–H groups in total. The molecule has 1 nitrogen and oxygen atoms in total. The van der Waals surface area contributed by atoms with E-state index in [1.807, 2.05) is 11.8 Å². The SMILES string of the molecule is Cc1ccccc1/C=C/C[N]CC1=CCSc2ccccc21. The van der Waals surface area contributed by atoms with Crippen LogP contribution in [-0.2, 0) is 0 Å². The minimum absolute atomic E-state index is 0.765. The van der Waals surface area contributed by atoms with E-state index in [-0.39, 0.29) is 0 Å². The summed E-state index contributed by atoms with van der Waals surface area (Å²) in [6.45, 7) is 3.70. The summed E-state index contributed by atoms with van der Waals surface area (Å²) in [6.07, 6.45) is 6.62. The molecule has 1 radical (unpaired) electrons. The van der Waals surface area contributed by atoms with Crippen molar-refractivity contribution in [3.05, 3.63) is 77.4 Å². The third-order valence-corrected chi connectivity index (χ3v) is 4.80. The molecule has 3 rings (SSSR count). The molecule has 22 heavy (non-hydrogen) atoms. The van der Waals surface area contributed by atoms with E-state index in [2.05, 4.69) is 79.0 Å². The lowest BCUT2D eigenvalue weighted by Crippen LogP contribution is -2.10. The molecule has 0 atom stereocenters. The molecule has 0 bridgehead atoms. The smallest absolute Gasteiger partial charge is 0.0391 e. The normalized spacial score (nSPS) is 14.0. The Bertz CT molecular complexity index is 700. The quantitative estimate of drug-likeness (QED) is 0.724. The summed E-state index contributed by atoms with van der Waals surface area (Å²) in [7, 11) is 0. The molecule has 1 aliphatic heterocycles. The summed E-state index contributed by atoms with van der Waals surface area (Å²) in [4.78, 5) is 1.38. The van der Waals surface area contributed by atoms with Gasteiger partial charge in [0.05, 0.1) is 0 Å². The van der Waals surface area contributed by atoms with Gasteiger partial charge in [-0.1, -0.05) is 60.7 Å². The van der Waals surface area contributed by atoms with Crippen molar-refractivity contribution < 1.29 is 0 Å². The van der Waals surface area contributed by atoms with Gasteiger partial charge < -0.3 is 0 Å². The molecule has 1 aliphatic rings. The molecule has 2 heteroatoms. The van der Waals surface area contributed by atoms with Crippen molar-refractivity contribution in [1.82, 2.24) is 5.32 Å². The van der Waals surface area contributed by atoms with E-state index in [1.54, 1.807) is 0 Å². The lowest BCUT2D eigenvalue weighted by atomic mass is 10.1. The zero-order chi connectivity index (χ0) is 15.2. The van der Waals surface area contributed by atoms with Crippen molar-refractivity contribution in [2.75, 3.05) is 18.8 Å². The Morgan fingerprint density at radius 2 is 1.91 bits per heavy atom. The fourth-order valence-corrected chi connectivity index (χ4v) is 3.56. The second kappa shape index (κ2) is 7.48. The molecule has 0 unspecified atom stereocenters. The first-order valence-corrected chi connectivity index (χ1v) is 8.60. The highest BCUT2D eigenvalue weighted by molar-refractivity contribution is 7.99. The maximum absolute atomic E-state index is 4.67. The lowest BCUT2D eigenvalue weighted by molar-refractivity contribution is 0.833. The van der Waals surface area contributed by atoms with Gasteiger partial charge in [-0.15, -0.1) is 11.8 Å². The van der Waals surface area contributed by atoms with E-state index in [0.717, 1.165) is 18.8 Å². The van der Waals surface area contributed by atoms with E-state index >= 15 is 0 Å². The predicted octanol–water partition coefficient (Wildman–Crippen LogP) is 4.80. The summed E-state index contributed by atoms with van der Waals surface area (Å²) in [5.74, 6) is 1.06. The van der Waals surface area contributed by atoms with Crippen molar-refractivity contribution in [3.63, 3.8) is 0 Å². The first-order chi connectivity index (χ1) is 10.8. The van der Waals surface area contributed by atoms with Crippen LogP contribution in [-0.4, -0.2) is 18.8 Å². The van der Waals surface area contributed by atoms with Gasteiger partial charge >= 0.3 is 0 Å². The van der Waals surface area contributed by atoms with Gasteiger partial charge in [0, 0.05) is 23.7 Å². The fourth-order valence-electron chi connectivity index (χ4n) is 2.56. The Hall–Kier alpha value is -1.77. The first kappa shape index (κ1) is 15.1. The van der Waals surface area contributed by atoms with Gasteiger partial charge in [-0.2, -0.15) is 0 Å². The molecule has 2 aromatic rings. The van der Waals surface area contributed by atoms with Crippen LogP contribution in [0, 0.1) is 6.92 Å². The molecule has 0 saturated heterocycles. The average Bonchev–Trinajstić information content (AvgIpc) is 2.56. The van der Waals surface area contributed by atoms with Crippen LogP contribution >= 0.6 is 11.8 Å². The summed E-state index contributed by atoms with van der Waals surface area (Å²) in [6, 6.07) is 17.0. The third-order valence-electron chi connectivity index (χ3n) is 3.80. The highest BCUT2D eigenvalue weighted by Crippen LogP contribution is 2.32. The number of benzene rings is 2. The second-order valence-electron chi connectivity index (χ2n) is 5.36. The zero-order valence-corrected chi connectivity index (χ0v) is 13.6. The fraction of sp³-hybridized carbons (Fsp3) is 0.200. The van der Waals surface area contributed by atoms with E-state index in [0.29, 0.717) is 0 Å². The number of hydrogen-bond donors (Lipinski definition) is 0. The monoisotopic (exact) mass is 306 g/mol. The van der Waals surface area contributed by atoms with Crippen molar-refractivity contribution >= 4 is 23.4 Å². The Labute approximate surface area is 137 Å². The molecule has 0 saturated carbocycles. The molecule has 0 amide bonds. The number of rotatable bonds is 5. The van der Waals surface area contributed by atoms with E-state index in [4.69, 9.17) is 0 Å². The third kappa shape index (κ3) is 3.70. The standard InChI is InChI=1S/C20H20NS/c1-16-7-2-3-8-17(16)9-6-13-21-15-18-12-14-22-20-11-5-4-10-19(18)20/h2-12H,13-15H2,1H3/b9-6+. The topological polar surface area (TPSA) is 14.1 Å². The van der Waals surface area contributed by atoms with E-state index in [9.17, 15) is 0 Å². The van der Waals surface area contributed by atoms with Gasteiger partial charge in [0.1, 0.15) is 0 Å². The van der Waals surface area contributed by atoms with Gasteiger partial charge in [0.2, 0.25) is 0 Å². The maximum atomic E-state index is 4.67. The maximum Gasteiger partial charge on any atom is 0.0391 e. The first-order valence-electron chi connectivity index (χ1n) is 7.61.